The van der Waals surface area contributed by atoms with E-state index in [1.165, 1.54) is 19.2 Å². The van der Waals surface area contributed by atoms with Gasteiger partial charge in [-0.15, -0.1) is 0 Å². The van der Waals surface area contributed by atoms with Crippen molar-refractivity contribution in [3.63, 3.8) is 0 Å². The van der Waals surface area contributed by atoms with Crippen molar-refractivity contribution in [3.8, 4) is 6.07 Å². The molecule has 2 aliphatic rings. The number of nitriles is 1. The molecule has 4 amide bonds. The lowest BCUT2D eigenvalue weighted by atomic mass is 9.80. The van der Waals surface area contributed by atoms with Crippen molar-refractivity contribution in [1.82, 2.24) is 8.01 Å². The molecule has 0 aliphatic carbocycles. The van der Waals surface area contributed by atoms with Crippen LogP contribution in [0.5, 0.6) is 0 Å². The van der Waals surface area contributed by atoms with Crippen LogP contribution < -0.4 is 0 Å². The number of carbonyl (C=O) groups excluding carboxylic acids is 4. The molecule has 0 atom stereocenters. The quantitative estimate of drug-likeness (QED) is 0.0616. The van der Waals surface area contributed by atoms with E-state index in [0.29, 0.717) is 54.2 Å². The first kappa shape index (κ1) is 20.7. The minimum atomic E-state index is -0.516. The molecule has 0 fully saturated rings. The summed E-state index contributed by atoms with van der Waals surface area (Å²) in [5.41, 5.74) is 1.58. The summed E-state index contributed by atoms with van der Waals surface area (Å²) in [6.45, 7) is 7.90. The number of hydrogen-bond donors (Lipinski definition) is 0. The second-order valence-electron chi connectivity index (χ2n) is 8.77. The Balaban J connectivity index is 1.87. The van der Waals surface area contributed by atoms with E-state index in [9.17, 15) is 24.4 Å². The average Bonchev–Trinajstić information content (AvgIpc) is 2.90. The molecule has 2 aliphatic heterocycles. The number of halogens is 1. The first-order valence-electron chi connectivity index (χ1n) is 10.7. The van der Waals surface area contributed by atoms with E-state index < -0.39 is 23.6 Å². The van der Waals surface area contributed by atoms with Crippen LogP contribution in [-0.4, -0.2) is 38.7 Å². The number of carbonyl (C=O) groups is 4. The molecule has 5 aromatic rings. The third kappa shape index (κ3) is 2.13. The molecule has 0 unspecified atom stereocenters. The molecule has 0 radical (unpaired) electrons. The van der Waals surface area contributed by atoms with Crippen LogP contribution in [0.15, 0.2) is 36.4 Å². The van der Waals surface area contributed by atoms with Gasteiger partial charge < -0.3 is 0 Å². The summed E-state index contributed by atoms with van der Waals surface area (Å²) in [5, 5.41) is 14.3. The van der Waals surface area contributed by atoms with Gasteiger partial charge in [-0.05, 0) is 51.2 Å². The zero-order chi connectivity index (χ0) is 25.2. The molecule has 0 N–H and O–H groups in total. The third-order valence-electron chi connectivity index (χ3n) is 7.21. The molecular formula is C27H9IN4O4. The van der Waals surface area contributed by atoms with E-state index in [0.717, 1.165) is 8.01 Å². The van der Waals surface area contributed by atoms with Gasteiger partial charge in [0, 0.05) is 45.5 Å². The van der Waals surface area contributed by atoms with Gasteiger partial charge in [0.25, 0.3) is 23.6 Å². The van der Waals surface area contributed by atoms with Crippen LogP contribution >= 0.6 is 22.9 Å². The molecular weight excluding hydrogens is 571 g/mol. The first-order valence-corrected chi connectivity index (χ1v) is 11.7. The van der Waals surface area contributed by atoms with E-state index in [4.69, 9.17) is 6.57 Å². The van der Waals surface area contributed by atoms with Gasteiger partial charge >= 0.3 is 0 Å². The zero-order valence-corrected chi connectivity index (χ0v) is 20.4. The Hall–Kier alpha value is -4.61. The fourth-order valence-electron chi connectivity index (χ4n) is 5.71. The lowest BCUT2D eigenvalue weighted by Crippen LogP contribution is -2.37. The standard InChI is InChI=1S/C27H9IN4O4/c1-30-17-8-16-20-14(26(35)32(28)27(16)36)6-3-11-18-10(9-29)7-15-19-13(24(33)31(2)25(15)34)5-4-12(22(18)19)21(17)23(11)20/h3-8H,2H3. The van der Waals surface area contributed by atoms with Crippen molar-refractivity contribution < 1.29 is 19.2 Å². The van der Waals surface area contributed by atoms with Gasteiger partial charge in [0.15, 0.2) is 5.69 Å². The summed E-state index contributed by atoms with van der Waals surface area (Å²) in [4.78, 5) is 56.9. The van der Waals surface area contributed by atoms with E-state index in [1.807, 2.05) is 0 Å². The van der Waals surface area contributed by atoms with Crippen molar-refractivity contribution in [2.75, 3.05) is 7.05 Å². The molecule has 36 heavy (non-hydrogen) atoms. The average molecular weight is 580 g/mol. The zero-order valence-electron chi connectivity index (χ0n) is 18.3. The summed E-state index contributed by atoms with van der Waals surface area (Å²) >= 11 is 1.66. The lowest BCUT2D eigenvalue weighted by molar-refractivity contribution is 0.0648. The molecule has 0 aromatic heterocycles. The number of fused-ring (bicyclic) bond motifs is 2. The lowest BCUT2D eigenvalue weighted by Gasteiger charge is -2.28. The highest BCUT2D eigenvalue weighted by Crippen LogP contribution is 2.50. The van der Waals surface area contributed by atoms with Gasteiger partial charge in [-0.3, -0.25) is 24.1 Å². The summed E-state index contributed by atoms with van der Waals surface area (Å²) in [7, 11) is 1.40. The van der Waals surface area contributed by atoms with Crippen LogP contribution in [0.1, 0.15) is 47.0 Å². The van der Waals surface area contributed by atoms with Gasteiger partial charge in [-0.2, -0.15) is 5.26 Å². The molecule has 0 bridgehead atoms. The van der Waals surface area contributed by atoms with Gasteiger partial charge in [0.05, 0.1) is 41.1 Å². The monoisotopic (exact) mass is 580 g/mol. The minimum absolute atomic E-state index is 0.207. The topological polar surface area (TPSA) is 103 Å². The van der Waals surface area contributed by atoms with Gasteiger partial charge in [-0.25, -0.2) is 7.96 Å². The maximum Gasteiger partial charge on any atom is 0.270 e. The molecule has 0 saturated carbocycles. The molecule has 8 nitrogen and oxygen atoms in total. The Morgan fingerprint density at radius 2 is 1.28 bits per heavy atom. The molecule has 0 spiro atoms. The van der Waals surface area contributed by atoms with E-state index in [-0.39, 0.29) is 22.4 Å². The molecule has 2 heterocycles. The Kier molecular flexibility index (Phi) is 3.76. The van der Waals surface area contributed by atoms with E-state index in [2.05, 4.69) is 10.9 Å². The largest absolute Gasteiger partial charge is 0.277 e. The van der Waals surface area contributed by atoms with Crippen LogP contribution in [0.3, 0.4) is 0 Å². The van der Waals surface area contributed by atoms with Gasteiger partial charge in [-0.1, -0.05) is 12.1 Å². The van der Waals surface area contributed by atoms with Crippen LogP contribution in [0.25, 0.3) is 47.9 Å². The molecule has 7 rings (SSSR count). The van der Waals surface area contributed by atoms with Crippen molar-refractivity contribution in [2.45, 2.75) is 0 Å². The summed E-state index contributed by atoms with van der Waals surface area (Å²) in [6.07, 6.45) is 0. The summed E-state index contributed by atoms with van der Waals surface area (Å²) < 4.78 is 1.00. The fourth-order valence-corrected chi connectivity index (χ4v) is 6.23. The predicted molar refractivity (Wildman–Crippen MR) is 140 cm³/mol. The fraction of sp³-hybridized carbons (Fsp3) is 0.0370. The van der Waals surface area contributed by atoms with Crippen molar-refractivity contribution >= 4 is 95.3 Å². The maximum atomic E-state index is 13.1. The first-order chi connectivity index (χ1) is 17.3. The Morgan fingerprint density at radius 1 is 0.750 bits per heavy atom. The molecule has 0 saturated heterocycles. The van der Waals surface area contributed by atoms with Gasteiger partial charge in [0.2, 0.25) is 0 Å². The number of benzene rings is 5. The number of hydrogen-bond acceptors (Lipinski definition) is 5. The smallest absolute Gasteiger partial charge is 0.270 e. The summed E-state index contributed by atoms with van der Waals surface area (Å²) in [6, 6.07) is 11.8. The Labute approximate surface area is 215 Å². The SMILES string of the molecule is [C-]#[N+]c1cc2c3c(ccc4c5c(C#N)cc6c7c(ccc(c1c34)c75)C(=O)N(C)C6=O)C(=O)N(I)C2=O. The van der Waals surface area contributed by atoms with Crippen LogP contribution in [0, 0.1) is 17.9 Å². The number of amides is 4. The highest BCUT2D eigenvalue weighted by atomic mass is 127. The van der Waals surface area contributed by atoms with E-state index >= 15 is 0 Å². The third-order valence-corrected chi connectivity index (χ3v) is 8.09. The number of rotatable bonds is 0. The second kappa shape index (κ2) is 6.53. The normalized spacial score (nSPS) is 15.0. The number of nitrogens with zero attached hydrogens (tertiary/aromatic N) is 4. The van der Waals surface area contributed by atoms with E-state index in [1.54, 1.807) is 47.1 Å². The minimum Gasteiger partial charge on any atom is -0.277 e. The van der Waals surface area contributed by atoms with Crippen molar-refractivity contribution in [3.05, 3.63) is 75.6 Å². The Morgan fingerprint density at radius 3 is 1.92 bits per heavy atom. The second-order valence-corrected chi connectivity index (χ2v) is 9.74. The molecule has 5 aromatic carbocycles. The highest BCUT2D eigenvalue weighted by Gasteiger charge is 2.36. The van der Waals surface area contributed by atoms with Crippen molar-refractivity contribution in [1.29, 1.82) is 5.26 Å². The molecule has 9 heteroatoms. The predicted octanol–water partition coefficient (Wildman–Crippen LogP) is 5.33. The molecule has 168 valence electrons. The van der Waals surface area contributed by atoms with Crippen LogP contribution in [0.2, 0.25) is 0 Å². The van der Waals surface area contributed by atoms with Crippen molar-refractivity contribution in [2.24, 2.45) is 0 Å². The maximum absolute atomic E-state index is 13.1. The van der Waals surface area contributed by atoms with Crippen LogP contribution in [0.4, 0.5) is 5.69 Å². The summed E-state index contributed by atoms with van der Waals surface area (Å²) in [5.74, 6) is -1.93. The van der Waals surface area contributed by atoms with Gasteiger partial charge in [0.1, 0.15) is 0 Å². The number of imide groups is 2. The highest BCUT2D eigenvalue weighted by molar-refractivity contribution is 14.1. The van der Waals surface area contributed by atoms with Crippen LogP contribution in [-0.2, 0) is 0 Å². The Bertz CT molecular complexity index is 1930.